The van der Waals surface area contributed by atoms with Crippen molar-refractivity contribution in [2.24, 2.45) is 5.41 Å². The summed E-state index contributed by atoms with van der Waals surface area (Å²) in [6, 6.07) is 0. The third-order valence-electron chi connectivity index (χ3n) is 2.77. The van der Waals surface area contributed by atoms with Crippen LogP contribution in [0, 0.1) is 5.41 Å². The highest BCUT2D eigenvalue weighted by Gasteiger charge is 2.32. The SMILES string of the molecule is CCC(CO)(CO)NS(=O)(=O)CCC(C)(C)C. The van der Waals surface area contributed by atoms with E-state index in [0.29, 0.717) is 12.8 Å². The molecule has 0 unspecified atom stereocenters. The minimum absolute atomic E-state index is 0.00174. The number of rotatable bonds is 7. The Morgan fingerprint density at radius 3 is 1.88 bits per heavy atom. The molecule has 0 aromatic rings. The third-order valence-corrected chi connectivity index (χ3v) is 4.26. The topological polar surface area (TPSA) is 86.6 Å². The standard InChI is InChI=1S/C11H25NO4S/c1-5-11(8-13,9-14)12-17(15,16)7-6-10(2,3)4/h12-14H,5-9H2,1-4H3. The van der Waals surface area contributed by atoms with Gasteiger partial charge in [-0.15, -0.1) is 0 Å². The van der Waals surface area contributed by atoms with Gasteiger partial charge in [0.1, 0.15) is 0 Å². The second-order valence-electron chi connectivity index (χ2n) is 5.68. The summed E-state index contributed by atoms with van der Waals surface area (Å²) in [6.07, 6.45) is 0.869. The zero-order chi connectivity index (χ0) is 13.7. The number of aliphatic hydroxyl groups is 2. The van der Waals surface area contributed by atoms with E-state index >= 15 is 0 Å². The molecule has 0 aliphatic heterocycles. The van der Waals surface area contributed by atoms with Crippen molar-refractivity contribution in [1.29, 1.82) is 0 Å². The van der Waals surface area contributed by atoms with Gasteiger partial charge in [-0.05, 0) is 18.3 Å². The Bertz CT molecular complexity index is 307. The molecule has 0 saturated heterocycles. The first kappa shape index (κ1) is 16.8. The monoisotopic (exact) mass is 267 g/mol. The van der Waals surface area contributed by atoms with Gasteiger partial charge in [0, 0.05) is 0 Å². The van der Waals surface area contributed by atoms with E-state index in [1.165, 1.54) is 0 Å². The molecule has 0 aliphatic carbocycles. The summed E-state index contributed by atoms with van der Waals surface area (Å²) in [4.78, 5) is 0. The molecule has 6 heteroatoms. The Morgan fingerprint density at radius 1 is 1.12 bits per heavy atom. The van der Waals surface area contributed by atoms with Gasteiger partial charge in [-0.3, -0.25) is 0 Å². The van der Waals surface area contributed by atoms with Crippen LogP contribution in [0.4, 0.5) is 0 Å². The Hall–Kier alpha value is -0.170. The maximum absolute atomic E-state index is 11.8. The molecule has 3 N–H and O–H groups in total. The first-order chi connectivity index (χ1) is 7.60. The quantitative estimate of drug-likeness (QED) is 0.626. The number of sulfonamides is 1. The highest BCUT2D eigenvalue weighted by molar-refractivity contribution is 7.89. The summed E-state index contributed by atoms with van der Waals surface area (Å²) in [7, 11) is -3.48. The van der Waals surface area contributed by atoms with Gasteiger partial charge in [-0.1, -0.05) is 27.7 Å². The fourth-order valence-electron chi connectivity index (χ4n) is 1.23. The van der Waals surface area contributed by atoms with E-state index in [2.05, 4.69) is 4.72 Å². The van der Waals surface area contributed by atoms with Crippen molar-refractivity contribution in [3.63, 3.8) is 0 Å². The van der Waals surface area contributed by atoms with Crippen LogP contribution in [0.2, 0.25) is 0 Å². The predicted molar refractivity (Wildman–Crippen MR) is 68.2 cm³/mol. The lowest BCUT2D eigenvalue weighted by molar-refractivity contribution is 0.105. The van der Waals surface area contributed by atoms with Gasteiger partial charge in [0.05, 0.1) is 24.5 Å². The zero-order valence-corrected chi connectivity index (χ0v) is 12.0. The Kier molecular flexibility index (Phi) is 6.07. The van der Waals surface area contributed by atoms with Gasteiger partial charge in [-0.25, -0.2) is 13.1 Å². The molecule has 104 valence electrons. The molecule has 0 radical (unpaired) electrons. The average molecular weight is 267 g/mol. The molecule has 0 aliphatic rings. The van der Waals surface area contributed by atoms with Crippen LogP contribution in [0.15, 0.2) is 0 Å². The van der Waals surface area contributed by atoms with Crippen molar-refractivity contribution in [2.75, 3.05) is 19.0 Å². The fraction of sp³-hybridized carbons (Fsp3) is 1.00. The molecule has 0 bridgehead atoms. The van der Waals surface area contributed by atoms with E-state index in [0.717, 1.165) is 0 Å². The molecule has 0 aromatic heterocycles. The minimum atomic E-state index is -3.48. The van der Waals surface area contributed by atoms with Gasteiger partial charge < -0.3 is 10.2 Å². The summed E-state index contributed by atoms with van der Waals surface area (Å²) in [6.45, 7) is 6.80. The summed E-state index contributed by atoms with van der Waals surface area (Å²) in [5.74, 6) is -0.00174. The number of hydrogen-bond acceptors (Lipinski definition) is 4. The highest BCUT2D eigenvalue weighted by atomic mass is 32.2. The number of aliphatic hydroxyl groups excluding tert-OH is 2. The smallest absolute Gasteiger partial charge is 0.212 e. The van der Waals surface area contributed by atoms with Gasteiger partial charge in [0.25, 0.3) is 0 Å². The maximum atomic E-state index is 11.8. The Labute approximate surface area is 104 Å². The average Bonchev–Trinajstić information content (AvgIpc) is 2.23. The van der Waals surface area contributed by atoms with Gasteiger partial charge in [0.2, 0.25) is 10.0 Å². The van der Waals surface area contributed by atoms with Crippen molar-refractivity contribution in [3.05, 3.63) is 0 Å². The second kappa shape index (κ2) is 6.13. The van der Waals surface area contributed by atoms with Crippen LogP contribution in [0.3, 0.4) is 0 Å². The fourth-order valence-corrected chi connectivity index (χ4v) is 3.15. The number of hydrogen-bond donors (Lipinski definition) is 3. The molecular formula is C11H25NO4S. The van der Waals surface area contributed by atoms with Crippen LogP contribution in [0.25, 0.3) is 0 Å². The molecule has 5 nitrogen and oxygen atoms in total. The lowest BCUT2D eigenvalue weighted by Crippen LogP contribution is -2.54. The van der Waals surface area contributed by atoms with E-state index in [1.807, 2.05) is 20.8 Å². The van der Waals surface area contributed by atoms with Gasteiger partial charge in [-0.2, -0.15) is 0 Å². The molecular weight excluding hydrogens is 242 g/mol. The van der Waals surface area contributed by atoms with Crippen molar-refractivity contribution in [1.82, 2.24) is 4.72 Å². The molecule has 0 aromatic carbocycles. The van der Waals surface area contributed by atoms with E-state index in [4.69, 9.17) is 0 Å². The summed E-state index contributed by atoms with van der Waals surface area (Å²) < 4.78 is 26.1. The third kappa shape index (κ3) is 6.35. The largest absolute Gasteiger partial charge is 0.394 e. The Balaban J connectivity index is 4.63. The van der Waals surface area contributed by atoms with Crippen molar-refractivity contribution < 1.29 is 18.6 Å². The van der Waals surface area contributed by atoms with Gasteiger partial charge >= 0.3 is 0 Å². The zero-order valence-electron chi connectivity index (χ0n) is 11.2. The summed E-state index contributed by atoms with van der Waals surface area (Å²) in [5, 5.41) is 18.4. The molecule has 0 amide bonds. The molecule has 0 rings (SSSR count). The van der Waals surface area contributed by atoms with Crippen LogP contribution in [0.5, 0.6) is 0 Å². The highest BCUT2D eigenvalue weighted by Crippen LogP contribution is 2.20. The van der Waals surface area contributed by atoms with E-state index in [-0.39, 0.29) is 11.2 Å². The van der Waals surface area contributed by atoms with Crippen LogP contribution in [-0.2, 0) is 10.0 Å². The minimum Gasteiger partial charge on any atom is -0.394 e. The number of nitrogens with one attached hydrogen (secondary N) is 1. The molecule has 0 spiro atoms. The van der Waals surface area contributed by atoms with Crippen molar-refractivity contribution in [3.8, 4) is 0 Å². The predicted octanol–water partition coefficient (Wildman–Crippen LogP) is 0.475. The van der Waals surface area contributed by atoms with Crippen molar-refractivity contribution >= 4 is 10.0 Å². The molecule has 0 saturated carbocycles. The summed E-state index contributed by atoms with van der Waals surface area (Å²) in [5.41, 5.74) is -1.21. The maximum Gasteiger partial charge on any atom is 0.212 e. The molecule has 0 atom stereocenters. The molecule has 0 heterocycles. The lowest BCUT2D eigenvalue weighted by atomic mass is 9.94. The van der Waals surface area contributed by atoms with Crippen LogP contribution < -0.4 is 4.72 Å². The van der Waals surface area contributed by atoms with Crippen molar-refractivity contribution in [2.45, 2.75) is 46.1 Å². The van der Waals surface area contributed by atoms with E-state index < -0.39 is 28.8 Å². The normalized spacial score (nSPS) is 14.0. The first-order valence-corrected chi connectivity index (χ1v) is 7.48. The van der Waals surface area contributed by atoms with Crippen LogP contribution in [0.1, 0.15) is 40.5 Å². The van der Waals surface area contributed by atoms with Crippen LogP contribution >= 0.6 is 0 Å². The van der Waals surface area contributed by atoms with Crippen LogP contribution in [-0.4, -0.2) is 43.1 Å². The Morgan fingerprint density at radius 2 is 1.59 bits per heavy atom. The first-order valence-electron chi connectivity index (χ1n) is 5.83. The van der Waals surface area contributed by atoms with E-state index in [1.54, 1.807) is 6.92 Å². The summed E-state index contributed by atoms with van der Waals surface area (Å²) >= 11 is 0. The van der Waals surface area contributed by atoms with E-state index in [9.17, 15) is 18.6 Å². The lowest BCUT2D eigenvalue weighted by Gasteiger charge is -2.30. The molecule has 0 fully saturated rings. The second-order valence-corrected chi connectivity index (χ2v) is 7.52. The molecule has 17 heavy (non-hydrogen) atoms. The van der Waals surface area contributed by atoms with Gasteiger partial charge in [0.15, 0.2) is 0 Å².